The first-order chi connectivity index (χ1) is 14.6. The highest BCUT2D eigenvalue weighted by Gasteiger charge is 2.18. The molecule has 10 heteroatoms. The molecule has 0 bridgehead atoms. The first-order valence-corrected chi connectivity index (χ1v) is 9.60. The Labute approximate surface area is 181 Å². The monoisotopic (exact) mass is 443 g/mol. The van der Waals surface area contributed by atoms with Crippen molar-refractivity contribution in [3.8, 4) is 17.1 Å². The molecule has 0 saturated carbocycles. The van der Waals surface area contributed by atoms with Gasteiger partial charge in [0.2, 0.25) is 5.95 Å². The lowest BCUT2D eigenvalue weighted by Crippen LogP contribution is -2.22. The lowest BCUT2D eigenvalue weighted by Gasteiger charge is -2.09. The maximum atomic E-state index is 12.8. The van der Waals surface area contributed by atoms with Gasteiger partial charge in [-0.05, 0) is 42.5 Å². The third-order valence-corrected chi connectivity index (χ3v) is 4.54. The molecular weight excluding hydrogens is 429 g/mol. The summed E-state index contributed by atoms with van der Waals surface area (Å²) in [5.74, 6) is 1.19. The Hall–Kier alpha value is -3.36. The topological polar surface area (TPSA) is 95.1 Å². The van der Waals surface area contributed by atoms with Crippen LogP contribution in [0.15, 0.2) is 65.5 Å². The van der Waals surface area contributed by atoms with Gasteiger partial charge in [0.15, 0.2) is 12.4 Å². The van der Waals surface area contributed by atoms with E-state index in [1.165, 1.54) is 6.07 Å². The van der Waals surface area contributed by atoms with E-state index >= 15 is 0 Å². The summed E-state index contributed by atoms with van der Waals surface area (Å²) in [6.07, 6.45) is 4.83. The van der Waals surface area contributed by atoms with Crippen molar-refractivity contribution in [1.82, 2.24) is 19.7 Å². The van der Waals surface area contributed by atoms with Gasteiger partial charge in [0.25, 0.3) is 5.91 Å². The molecule has 4 rings (SSSR count). The first-order valence-electron chi connectivity index (χ1n) is 8.85. The minimum Gasteiger partial charge on any atom is -0.482 e. The van der Waals surface area contributed by atoms with E-state index in [2.05, 4.69) is 20.4 Å². The molecule has 0 unspecified atom stereocenters. The maximum Gasteiger partial charge on any atom is 0.287 e. The Kier molecular flexibility index (Phi) is 5.97. The van der Waals surface area contributed by atoms with Crippen LogP contribution in [0.3, 0.4) is 0 Å². The van der Waals surface area contributed by atoms with Crippen molar-refractivity contribution in [2.45, 2.75) is 6.54 Å². The van der Waals surface area contributed by atoms with E-state index in [1.54, 1.807) is 49.0 Å². The van der Waals surface area contributed by atoms with E-state index in [-0.39, 0.29) is 12.6 Å². The van der Waals surface area contributed by atoms with Gasteiger partial charge in [-0.3, -0.25) is 9.78 Å². The number of hydrogen-bond donors (Lipinski definition) is 1. The third-order valence-electron chi connectivity index (χ3n) is 4.01. The molecule has 0 fully saturated rings. The summed E-state index contributed by atoms with van der Waals surface area (Å²) in [6, 6.07) is 11.9. The summed E-state index contributed by atoms with van der Waals surface area (Å²) >= 11 is 12.0. The molecule has 0 amide bonds. The number of rotatable bonds is 7. The van der Waals surface area contributed by atoms with Gasteiger partial charge in [-0.1, -0.05) is 23.2 Å². The SMILES string of the molecule is O=C(COc1ccc(Cl)cc1Cl)n1nc(-c2cccnc2)nc1NCc1ccco1. The zero-order valence-corrected chi connectivity index (χ0v) is 17.0. The number of aromatic nitrogens is 4. The molecule has 0 radical (unpaired) electrons. The molecule has 3 heterocycles. The van der Waals surface area contributed by atoms with Crippen LogP contribution in [0.2, 0.25) is 10.0 Å². The van der Waals surface area contributed by atoms with Crippen LogP contribution in [0.25, 0.3) is 11.4 Å². The molecular formula is C20H15Cl2N5O3. The fourth-order valence-corrected chi connectivity index (χ4v) is 3.05. The third kappa shape index (κ3) is 4.61. The van der Waals surface area contributed by atoms with Crippen molar-refractivity contribution < 1.29 is 13.9 Å². The van der Waals surface area contributed by atoms with Crippen LogP contribution in [-0.2, 0) is 6.54 Å². The Morgan fingerprint density at radius 2 is 2.10 bits per heavy atom. The molecule has 0 aliphatic rings. The summed E-state index contributed by atoms with van der Waals surface area (Å²) in [4.78, 5) is 21.3. The number of carbonyl (C=O) groups is 1. The first kappa shape index (κ1) is 19.9. The van der Waals surface area contributed by atoms with Crippen LogP contribution < -0.4 is 10.1 Å². The fourth-order valence-electron chi connectivity index (χ4n) is 2.59. The van der Waals surface area contributed by atoms with Crippen LogP contribution in [0.1, 0.15) is 10.6 Å². The van der Waals surface area contributed by atoms with Crippen molar-refractivity contribution in [2.24, 2.45) is 0 Å². The van der Waals surface area contributed by atoms with E-state index in [4.69, 9.17) is 32.4 Å². The molecule has 0 saturated heterocycles. The van der Waals surface area contributed by atoms with Crippen molar-refractivity contribution in [1.29, 1.82) is 0 Å². The van der Waals surface area contributed by atoms with Crippen LogP contribution in [0.5, 0.6) is 5.75 Å². The van der Waals surface area contributed by atoms with Crippen molar-refractivity contribution in [2.75, 3.05) is 11.9 Å². The number of anilines is 1. The molecule has 0 aliphatic carbocycles. The summed E-state index contributed by atoms with van der Waals surface area (Å²) in [5, 5.41) is 8.16. The Morgan fingerprint density at radius 1 is 1.20 bits per heavy atom. The van der Waals surface area contributed by atoms with Crippen LogP contribution in [0, 0.1) is 0 Å². The van der Waals surface area contributed by atoms with Crippen LogP contribution >= 0.6 is 23.2 Å². The van der Waals surface area contributed by atoms with Crippen molar-refractivity contribution in [3.05, 3.63) is 76.9 Å². The van der Waals surface area contributed by atoms with Gasteiger partial charge in [0.1, 0.15) is 11.5 Å². The van der Waals surface area contributed by atoms with E-state index in [9.17, 15) is 4.79 Å². The lowest BCUT2D eigenvalue weighted by atomic mass is 10.3. The standard InChI is InChI=1S/C20H15Cl2N5O3/c21-14-5-6-17(16(22)9-14)30-12-18(28)27-20(24-11-15-4-2-8-29-15)25-19(26-27)13-3-1-7-23-10-13/h1-10H,11-12H2,(H,24,25,26). The number of nitrogens with zero attached hydrogens (tertiary/aromatic N) is 4. The molecule has 3 aromatic heterocycles. The Morgan fingerprint density at radius 3 is 2.83 bits per heavy atom. The molecule has 0 spiro atoms. The molecule has 4 aromatic rings. The number of ether oxygens (including phenoxy) is 1. The number of benzene rings is 1. The fraction of sp³-hybridized carbons (Fsp3) is 0.100. The summed E-state index contributed by atoms with van der Waals surface area (Å²) in [6.45, 7) is 0.0297. The predicted molar refractivity (Wildman–Crippen MR) is 112 cm³/mol. The normalized spacial score (nSPS) is 10.7. The minimum atomic E-state index is -0.439. The average Bonchev–Trinajstić information content (AvgIpc) is 3.42. The molecule has 152 valence electrons. The second kappa shape index (κ2) is 8.98. The zero-order valence-electron chi connectivity index (χ0n) is 15.5. The number of carbonyl (C=O) groups excluding carboxylic acids is 1. The molecule has 1 N–H and O–H groups in total. The van der Waals surface area contributed by atoms with Crippen molar-refractivity contribution in [3.63, 3.8) is 0 Å². The van der Waals surface area contributed by atoms with Gasteiger partial charge in [0.05, 0.1) is 17.8 Å². The minimum absolute atomic E-state index is 0.251. The van der Waals surface area contributed by atoms with Gasteiger partial charge < -0.3 is 14.5 Å². The molecule has 0 aliphatic heterocycles. The van der Waals surface area contributed by atoms with Gasteiger partial charge in [0, 0.05) is 23.0 Å². The molecule has 0 atom stereocenters. The van der Waals surface area contributed by atoms with E-state index in [1.807, 2.05) is 6.07 Å². The van der Waals surface area contributed by atoms with Crippen LogP contribution in [-0.4, -0.2) is 32.3 Å². The quantitative estimate of drug-likeness (QED) is 0.446. The molecule has 30 heavy (non-hydrogen) atoms. The molecule has 8 nitrogen and oxygen atoms in total. The van der Waals surface area contributed by atoms with Crippen molar-refractivity contribution >= 4 is 35.1 Å². The van der Waals surface area contributed by atoms with Gasteiger partial charge in [-0.15, -0.1) is 5.10 Å². The predicted octanol–water partition coefficient (Wildman–Crippen LogP) is 4.57. The average molecular weight is 444 g/mol. The number of hydrogen-bond acceptors (Lipinski definition) is 7. The highest BCUT2D eigenvalue weighted by Crippen LogP contribution is 2.27. The number of furan rings is 1. The second-order valence-electron chi connectivity index (χ2n) is 6.10. The molecule has 1 aromatic carbocycles. The smallest absolute Gasteiger partial charge is 0.287 e. The highest BCUT2D eigenvalue weighted by molar-refractivity contribution is 6.35. The van der Waals surface area contributed by atoms with Gasteiger partial charge >= 0.3 is 0 Å². The largest absolute Gasteiger partial charge is 0.482 e. The summed E-state index contributed by atoms with van der Waals surface area (Å²) in [7, 11) is 0. The van der Waals surface area contributed by atoms with E-state index in [0.29, 0.717) is 39.5 Å². The Balaban J connectivity index is 1.56. The number of nitrogens with one attached hydrogen (secondary N) is 1. The van der Waals surface area contributed by atoms with E-state index in [0.717, 1.165) is 4.68 Å². The van der Waals surface area contributed by atoms with Gasteiger partial charge in [-0.2, -0.15) is 9.67 Å². The maximum absolute atomic E-state index is 12.8. The Bertz CT molecular complexity index is 1150. The second-order valence-corrected chi connectivity index (χ2v) is 6.95. The van der Waals surface area contributed by atoms with Gasteiger partial charge in [-0.25, -0.2) is 0 Å². The lowest BCUT2D eigenvalue weighted by molar-refractivity contribution is 0.0824. The number of pyridine rings is 1. The summed E-state index contributed by atoms with van der Waals surface area (Å²) in [5.41, 5.74) is 0.673. The van der Waals surface area contributed by atoms with E-state index < -0.39 is 5.91 Å². The number of halogens is 2. The zero-order chi connectivity index (χ0) is 20.9. The van der Waals surface area contributed by atoms with Crippen LogP contribution in [0.4, 0.5) is 5.95 Å². The highest BCUT2D eigenvalue weighted by atomic mass is 35.5. The summed E-state index contributed by atoms with van der Waals surface area (Å²) < 4.78 is 12.0.